The van der Waals surface area contributed by atoms with Gasteiger partial charge in [-0.2, -0.15) is 0 Å². The number of hydrogen-bond acceptors (Lipinski definition) is 5. The molecule has 5 nitrogen and oxygen atoms in total. The Labute approximate surface area is 138 Å². The van der Waals surface area contributed by atoms with Crippen molar-refractivity contribution in [2.24, 2.45) is 0 Å². The number of nitrogens with one attached hydrogen (secondary N) is 2. The number of anilines is 1. The largest absolute Gasteiger partial charge is 0.370 e. The van der Waals surface area contributed by atoms with Crippen LogP contribution in [0.25, 0.3) is 10.2 Å². The highest BCUT2D eigenvalue weighted by molar-refractivity contribution is 7.20. The Bertz CT molecular complexity index is 829. The summed E-state index contributed by atoms with van der Waals surface area (Å²) in [4.78, 5) is 22.6. The van der Waals surface area contributed by atoms with Crippen molar-refractivity contribution in [3.8, 4) is 0 Å². The molecule has 118 valence electrons. The smallest absolute Gasteiger partial charge is 0.261 e. The maximum atomic E-state index is 12.5. The number of fused-ring (bicyclic) bond motifs is 1. The van der Waals surface area contributed by atoms with Crippen molar-refractivity contribution in [3.63, 3.8) is 0 Å². The van der Waals surface area contributed by atoms with Crippen LogP contribution in [0.1, 0.15) is 27.7 Å². The van der Waals surface area contributed by atoms with Crippen LogP contribution in [0.2, 0.25) is 0 Å². The van der Waals surface area contributed by atoms with Gasteiger partial charge in [-0.05, 0) is 25.0 Å². The number of thiophene rings is 1. The number of carbonyl (C=O) groups excluding carboxylic acids is 1. The van der Waals surface area contributed by atoms with Gasteiger partial charge in [-0.15, -0.1) is 11.3 Å². The molecule has 23 heavy (non-hydrogen) atoms. The third kappa shape index (κ3) is 3.17. The normalized spacial score (nSPS) is 10.7. The van der Waals surface area contributed by atoms with E-state index in [1.807, 2.05) is 44.2 Å². The average Bonchev–Trinajstić information content (AvgIpc) is 2.92. The van der Waals surface area contributed by atoms with E-state index in [0.717, 1.165) is 33.7 Å². The molecule has 6 heteroatoms. The van der Waals surface area contributed by atoms with Crippen LogP contribution >= 0.6 is 11.3 Å². The predicted molar refractivity (Wildman–Crippen MR) is 93.9 cm³/mol. The molecule has 0 aliphatic heterocycles. The number of carbonyl (C=O) groups is 1. The highest BCUT2D eigenvalue weighted by Crippen LogP contribution is 2.33. The third-order valence-electron chi connectivity index (χ3n) is 3.57. The summed E-state index contributed by atoms with van der Waals surface area (Å²) in [5, 5.41) is 7.13. The van der Waals surface area contributed by atoms with Crippen LogP contribution < -0.4 is 10.6 Å². The molecule has 0 radical (unpaired) electrons. The van der Waals surface area contributed by atoms with Crippen molar-refractivity contribution in [1.29, 1.82) is 0 Å². The van der Waals surface area contributed by atoms with E-state index in [9.17, 15) is 4.79 Å². The maximum absolute atomic E-state index is 12.5. The molecule has 2 aromatic heterocycles. The Kier molecular flexibility index (Phi) is 4.52. The zero-order valence-corrected chi connectivity index (χ0v) is 13.9. The molecule has 0 aliphatic carbocycles. The number of rotatable bonds is 5. The summed E-state index contributed by atoms with van der Waals surface area (Å²) in [7, 11) is 0. The predicted octanol–water partition coefficient (Wildman–Crippen LogP) is 3.36. The van der Waals surface area contributed by atoms with Gasteiger partial charge in [0.05, 0.1) is 10.3 Å². The molecule has 0 atom stereocenters. The summed E-state index contributed by atoms with van der Waals surface area (Å²) in [5.41, 5.74) is 2.00. The summed E-state index contributed by atoms with van der Waals surface area (Å²) in [6.07, 6.45) is 1.53. The minimum Gasteiger partial charge on any atom is -0.370 e. The Hall–Kier alpha value is -2.47. The van der Waals surface area contributed by atoms with E-state index in [-0.39, 0.29) is 5.91 Å². The molecule has 2 N–H and O–H groups in total. The topological polar surface area (TPSA) is 66.9 Å². The SMILES string of the molecule is CCNc1ncnc2sc(C(=O)NCc3ccccc3)c(C)c12. The number of aromatic nitrogens is 2. The van der Waals surface area contributed by atoms with Crippen molar-refractivity contribution in [1.82, 2.24) is 15.3 Å². The summed E-state index contributed by atoms with van der Waals surface area (Å²) >= 11 is 1.40. The van der Waals surface area contributed by atoms with E-state index in [1.54, 1.807) is 0 Å². The second-order valence-corrected chi connectivity index (χ2v) is 6.16. The highest BCUT2D eigenvalue weighted by atomic mass is 32.1. The van der Waals surface area contributed by atoms with Crippen LogP contribution in [-0.4, -0.2) is 22.4 Å². The maximum Gasteiger partial charge on any atom is 0.261 e. The molecule has 1 amide bonds. The molecule has 3 rings (SSSR count). The number of aryl methyl sites for hydroxylation is 1. The van der Waals surface area contributed by atoms with Crippen LogP contribution in [0.3, 0.4) is 0 Å². The molecule has 2 heterocycles. The first-order valence-electron chi connectivity index (χ1n) is 7.50. The molecule has 0 unspecified atom stereocenters. The van der Waals surface area contributed by atoms with Gasteiger partial charge in [0.15, 0.2) is 0 Å². The first-order chi connectivity index (χ1) is 11.2. The van der Waals surface area contributed by atoms with Gasteiger partial charge in [0.25, 0.3) is 5.91 Å². The summed E-state index contributed by atoms with van der Waals surface area (Å²) in [5.74, 6) is 0.713. The van der Waals surface area contributed by atoms with E-state index in [2.05, 4.69) is 20.6 Å². The van der Waals surface area contributed by atoms with Crippen LogP contribution in [0, 0.1) is 6.92 Å². The second-order valence-electron chi connectivity index (χ2n) is 5.16. The monoisotopic (exact) mass is 326 g/mol. The van der Waals surface area contributed by atoms with Gasteiger partial charge >= 0.3 is 0 Å². The van der Waals surface area contributed by atoms with E-state index in [4.69, 9.17) is 0 Å². The number of nitrogens with zero attached hydrogens (tertiary/aromatic N) is 2. The van der Waals surface area contributed by atoms with Crippen molar-refractivity contribution < 1.29 is 4.79 Å². The molecule has 0 spiro atoms. The fraction of sp³-hybridized carbons (Fsp3) is 0.235. The lowest BCUT2D eigenvalue weighted by Gasteiger charge is -2.05. The molecule has 0 aliphatic rings. The van der Waals surface area contributed by atoms with Gasteiger partial charge in [-0.1, -0.05) is 30.3 Å². The standard InChI is InChI=1S/C17H18N4OS/c1-3-18-15-13-11(2)14(23-17(13)21-10-20-15)16(22)19-9-12-7-5-4-6-8-12/h4-8,10H,3,9H2,1-2H3,(H,19,22)(H,18,20,21). The lowest BCUT2D eigenvalue weighted by Crippen LogP contribution is -2.22. The minimum absolute atomic E-state index is 0.0724. The van der Waals surface area contributed by atoms with Gasteiger partial charge in [0.1, 0.15) is 17.0 Å². The Morgan fingerprint density at radius 3 is 2.74 bits per heavy atom. The minimum atomic E-state index is -0.0724. The molecule has 0 saturated heterocycles. The quantitative estimate of drug-likeness (QED) is 0.754. The second kappa shape index (κ2) is 6.75. The Balaban J connectivity index is 1.86. The van der Waals surface area contributed by atoms with E-state index in [0.29, 0.717) is 11.4 Å². The number of benzene rings is 1. The lowest BCUT2D eigenvalue weighted by atomic mass is 10.2. The van der Waals surface area contributed by atoms with Gasteiger partial charge in [-0.25, -0.2) is 9.97 Å². The molecule has 0 saturated carbocycles. The fourth-order valence-corrected chi connectivity index (χ4v) is 3.51. The van der Waals surface area contributed by atoms with Gasteiger partial charge < -0.3 is 10.6 Å². The first-order valence-corrected chi connectivity index (χ1v) is 8.32. The van der Waals surface area contributed by atoms with Gasteiger partial charge in [0.2, 0.25) is 0 Å². The van der Waals surface area contributed by atoms with E-state index < -0.39 is 0 Å². The average molecular weight is 326 g/mol. The van der Waals surface area contributed by atoms with Crippen LogP contribution in [0.5, 0.6) is 0 Å². The number of hydrogen-bond donors (Lipinski definition) is 2. The molecular formula is C17H18N4OS. The lowest BCUT2D eigenvalue weighted by molar-refractivity contribution is 0.0954. The van der Waals surface area contributed by atoms with Crippen LogP contribution in [0.4, 0.5) is 5.82 Å². The molecular weight excluding hydrogens is 308 g/mol. The first kappa shape index (κ1) is 15.4. The highest BCUT2D eigenvalue weighted by Gasteiger charge is 2.18. The molecule has 3 aromatic rings. The van der Waals surface area contributed by atoms with Crippen molar-refractivity contribution in [3.05, 3.63) is 52.7 Å². The van der Waals surface area contributed by atoms with Crippen molar-refractivity contribution in [2.45, 2.75) is 20.4 Å². The van der Waals surface area contributed by atoms with E-state index in [1.165, 1.54) is 17.7 Å². The van der Waals surface area contributed by atoms with Crippen LogP contribution in [0.15, 0.2) is 36.7 Å². The molecule has 1 aromatic carbocycles. The zero-order chi connectivity index (χ0) is 16.2. The summed E-state index contributed by atoms with van der Waals surface area (Å²) in [6, 6.07) is 9.87. The Morgan fingerprint density at radius 1 is 1.22 bits per heavy atom. The third-order valence-corrected chi connectivity index (χ3v) is 4.77. The van der Waals surface area contributed by atoms with E-state index >= 15 is 0 Å². The van der Waals surface area contributed by atoms with Crippen molar-refractivity contribution in [2.75, 3.05) is 11.9 Å². The zero-order valence-electron chi connectivity index (χ0n) is 13.1. The molecule has 0 bridgehead atoms. The van der Waals surface area contributed by atoms with Crippen LogP contribution in [-0.2, 0) is 6.54 Å². The number of amides is 1. The van der Waals surface area contributed by atoms with Gasteiger partial charge in [0, 0.05) is 13.1 Å². The Morgan fingerprint density at radius 2 is 2.00 bits per heavy atom. The molecule has 0 fully saturated rings. The van der Waals surface area contributed by atoms with Gasteiger partial charge in [-0.3, -0.25) is 4.79 Å². The van der Waals surface area contributed by atoms with Crippen molar-refractivity contribution >= 4 is 33.3 Å². The fourth-order valence-electron chi connectivity index (χ4n) is 2.45. The summed E-state index contributed by atoms with van der Waals surface area (Å²) < 4.78 is 0. The summed E-state index contributed by atoms with van der Waals surface area (Å²) in [6.45, 7) is 5.25.